The van der Waals surface area contributed by atoms with Gasteiger partial charge in [0.05, 0.1) is 5.41 Å². The molecule has 4 fully saturated rings. The molecule has 1 N–H and O–H groups in total. The molecule has 0 radical (unpaired) electrons. The average molecular weight is 481 g/mol. The molecule has 7 heteroatoms. The second-order valence-electron chi connectivity index (χ2n) is 11.2. The molecule has 1 aliphatic carbocycles. The summed E-state index contributed by atoms with van der Waals surface area (Å²) in [4.78, 5) is 46.0. The Hall–Kier alpha value is -2.41. The Balaban J connectivity index is 1.24. The van der Waals surface area contributed by atoms with Crippen LogP contribution in [0, 0.1) is 5.92 Å². The molecule has 5 rings (SSSR count). The number of hydrogen-bond acceptors (Lipinski definition) is 4. The Kier molecular flexibility index (Phi) is 6.64. The van der Waals surface area contributed by atoms with Gasteiger partial charge in [0.25, 0.3) is 5.91 Å². The highest BCUT2D eigenvalue weighted by molar-refractivity contribution is 6.07. The quantitative estimate of drug-likeness (QED) is 0.578. The van der Waals surface area contributed by atoms with Crippen molar-refractivity contribution in [1.29, 1.82) is 0 Å². The smallest absolute Gasteiger partial charge is 0.325 e. The molecule has 1 saturated carbocycles. The Morgan fingerprint density at radius 1 is 1.06 bits per heavy atom. The molecule has 1 aromatic carbocycles. The van der Waals surface area contributed by atoms with Gasteiger partial charge >= 0.3 is 6.03 Å². The number of urea groups is 1. The number of likely N-dealkylation sites (tertiary alicyclic amines) is 2. The van der Waals surface area contributed by atoms with Gasteiger partial charge in [-0.05, 0) is 76.4 Å². The van der Waals surface area contributed by atoms with Crippen molar-refractivity contribution >= 4 is 17.8 Å². The number of imide groups is 1. The average Bonchev–Trinajstić information content (AvgIpc) is 3.53. The number of hydrogen-bond donors (Lipinski definition) is 1. The van der Waals surface area contributed by atoms with Crippen LogP contribution in [0.3, 0.4) is 0 Å². The van der Waals surface area contributed by atoms with Crippen LogP contribution in [0.15, 0.2) is 30.3 Å². The molecule has 35 heavy (non-hydrogen) atoms. The Bertz CT molecular complexity index is 954. The second-order valence-corrected chi connectivity index (χ2v) is 11.2. The lowest BCUT2D eigenvalue weighted by Gasteiger charge is -2.41. The van der Waals surface area contributed by atoms with E-state index in [9.17, 15) is 14.4 Å². The highest BCUT2D eigenvalue weighted by Crippen LogP contribution is 2.50. The highest BCUT2D eigenvalue weighted by atomic mass is 16.2. The van der Waals surface area contributed by atoms with Crippen molar-refractivity contribution in [2.24, 2.45) is 5.92 Å². The number of carbonyl (C=O) groups is 3. The molecule has 2 atom stereocenters. The first kappa shape index (κ1) is 24.3. The minimum Gasteiger partial charge on any atom is -0.342 e. The van der Waals surface area contributed by atoms with E-state index in [1.165, 1.54) is 11.3 Å². The van der Waals surface area contributed by atoms with Gasteiger partial charge in [-0.1, -0.05) is 43.7 Å². The zero-order chi connectivity index (χ0) is 24.6. The van der Waals surface area contributed by atoms with E-state index >= 15 is 0 Å². The van der Waals surface area contributed by atoms with Crippen LogP contribution in [-0.2, 0) is 15.0 Å². The standard InChI is InChI=1S/C28H40N4O3/c1-3-14-28(25(34)32(26(35)29-28)20-13-23-10-7-17-30(23)2)22-11-18-31(19-12-22)24(33)27(15-16-27)21-8-5-4-6-9-21/h4-6,8-9,22-23H,3,7,10-20H2,1-2H3,(H,29,35)/t23-,28-/m1/s1. The minimum absolute atomic E-state index is 0.0438. The Morgan fingerprint density at radius 2 is 1.77 bits per heavy atom. The van der Waals surface area contributed by atoms with Gasteiger partial charge in [-0.2, -0.15) is 0 Å². The van der Waals surface area contributed by atoms with Crippen molar-refractivity contribution < 1.29 is 14.4 Å². The molecule has 1 aromatic rings. The molecule has 0 spiro atoms. The van der Waals surface area contributed by atoms with Gasteiger partial charge in [0.2, 0.25) is 5.91 Å². The summed E-state index contributed by atoms with van der Waals surface area (Å²) >= 11 is 0. The van der Waals surface area contributed by atoms with Crippen LogP contribution < -0.4 is 5.32 Å². The van der Waals surface area contributed by atoms with Crippen LogP contribution in [0.4, 0.5) is 4.79 Å². The number of rotatable bonds is 8. The molecule has 0 bridgehead atoms. The fraction of sp³-hybridized carbons (Fsp3) is 0.679. The van der Waals surface area contributed by atoms with Gasteiger partial charge in [-0.25, -0.2) is 4.79 Å². The van der Waals surface area contributed by atoms with Crippen molar-refractivity contribution in [3.63, 3.8) is 0 Å². The van der Waals surface area contributed by atoms with Crippen molar-refractivity contribution in [2.75, 3.05) is 33.2 Å². The summed E-state index contributed by atoms with van der Waals surface area (Å²) in [7, 11) is 2.13. The first-order valence-electron chi connectivity index (χ1n) is 13.6. The van der Waals surface area contributed by atoms with E-state index in [0.29, 0.717) is 32.1 Å². The third-order valence-corrected chi connectivity index (χ3v) is 9.17. The SMILES string of the molecule is CCC[C@]1(C2CCN(C(=O)C3(c4ccccc4)CC3)CC2)NC(=O)N(CC[C@H]2CCCN2C)C1=O. The van der Waals surface area contributed by atoms with E-state index in [-0.39, 0.29) is 29.2 Å². The van der Waals surface area contributed by atoms with Crippen molar-refractivity contribution in [3.8, 4) is 0 Å². The van der Waals surface area contributed by atoms with Crippen LogP contribution >= 0.6 is 0 Å². The van der Waals surface area contributed by atoms with Crippen LogP contribution in [0.5, 0.6) is 0 Å². The molecule has 3 aliphatic heterocycles. The molecule has 0 unspecified atom stereocenters. The molecule has 3 saturated heterocycles. The summed E-state index contributed by atoms with van der Waals surface area (Å²) in [5.74, 6) is 0.252. The van der Waals surface area contributed by atoms with Crippen molar-refractivity contribution in [2.45, 2.75) is 81.7 Å². The predicted octanol–water partition coefficient (Wildman–Crippen LogP) is 3.53. The molecule has 4 amide bonds. The van der Waals surface area contributed by atoms with E-state index in [0.717, 1.165) is 57.1 Å². The van der Waals surface area contributed by atoms with E-state index in [1.807, 2.05) is 23.1 Å². The van der Waals surface area contributed by atoms with Crippen LogP contribution in [0.2, 0.25) is 0 Å². The molecule has 7 nitrogen and oxygen atoms in total. The lowest BCUT2D eigenvalue weighted by Crippen LogP contribution is -2.57. The van der Waals surface area contributed by atoms with Gasteiger partial charge < -0.3 is 15.1 Å². The largest absolute Gasteiger partial charge is 0.342 e. The normalized spacial score (nSPS) is 29.0. The summed E-state index contributed by atoms with van der Waals surface area (Å²) in [5.41, 5.74) is -0.0490. The zero-order valence-electron chi connectivity index (χ0n) is 21.3. The Morgan fingerprint density at radius 3 is 2.37 bits per heavy atom. The molecular formula is C28H40N4O3. The number of nitrogens with zero attached hydrogens (tertiary/aromatic N) is 3. The highest BCUT2D eigenvalue weighted by Gasteiger charge is 2.57. The number of piperidine rings is 1. The lowest BCUT2D eigenvalue weighted by molar-refractivity contribution is -0.137. The van der Waals surface area contributed by atoms with E-state index in [2.05, 4.69) is 36.3 Å². The number of amides is 4. The molecule has 4 aliphatic rings. The molecule has 0 aromatic heterocycles. The summed E-state index contributed by atoms with van der Waals surface area (Å²) in [6, 6.07) is 10.4. The summed E-state index contributed by atoms with van der Waals surface area (Å²) in [6.07, 6.45) is 7.98. The monoisotopic (exact) mass is 480 g/mol. The summed E-state index contributed by atoms with van der Waals surface area (Å²) in [6.45, 7) is 4.96. The maximum absolute atomic E-state index is 13.7. The number of benzene rings is 1. The first-order chi connectivity index (χ1) is 16.9. The maximum Gasteiger partial charge on any atom is 0.325 e. The van der Waals surface area contributed by atoms with Crippen molar-refractivity contribution in [1.82, 2.24) is 20.0 Å². The Labute approximate surface area is 209 Å². The number of nitrogens with one attached hydrogen (secondary N) is 1. The van der Waals surface area contributed by atoms with Gasteiger partial charge in [0, 0.05) is 25.7 Å². The third kappa shape index (κ3) is 4.26. The van der Waals surface area contributed by atoms with Gasteiger partial charge in [-0.3, -0.25) is 14.5 Å². The van der Waals surface area contributed by atoms with E-state index < -0.39 is 5.54 Å². The maximum atomic E-state index is 13.7. The summed E-state index contributed by atoms with van der Waals surface area (Å²) < 4.78 is 0. The fourth-order valence-electron chi connectivity index (χ4n) is 6.90. The molecular weight excluding hydrogens is 440 g/mol. The summed E-state index contributed by atoms with van der Waals surface area (Å²) in [5, 5.41) is 3.16. The third-order valence-electron chi connectivity index (χ3n) is 9.17. The molecule has 3 heterocycles. The first-order valence-corrected chi connectivity index (χ1v) is 13.6. The number of carbonyl (C=O) groups excluding carboxylic acids is 3. The fourth-order valence-corrected chi connectivity index (χ4v) is 6.90. The van der Waals surface area contributed by atoms with Gasteiger partial charge in [0.1, 0.15) is 5.54 Å². The predicted molar refractivity (Wildman–Crippen MR) is 135 cm³/mol. The van der Waals surface area contributed by atoms with Crippen molar-refractivity contribution in [3.05, 3.63) is 35.9 Å². The van der Waals surface area contributed by atoms with Gasteiger partial charge in [-0.15, -0.1) is 0 Å². The topological polar surface area (TPSA) is 73.0 Å². The van der Waals surface area contributed by atoms with Gasteiger partial charge in [0.15, 0.2) is 0 Å². The van der Waals surface area contributed by atoms with E-state index in [1.54, 1.807) is 0 Å². The lowest BCUT2D eigenvalue weighted by atomic mass is 9.74. The van der Waals surface area contributed by atoms with E-state index in [4.69, 9.17) is 0 Å². The molecule has 190 valence electrons. The zero-order valence-corrected chi connectivity index (χ0v) is 21.3. The van der Waals surface area contributed by atoms with Crippen LogP contribution in [0.1, 0.15) is 70.3 Å². The van der Waals surface area contributed by atoms with Crippen LogP contribution in [0.25, 0.3) is 0 Å². The second kappa shape index (κ2) is 9.57. The minimum atomic E-state index is -0.820. The van der Waals surface area contributed by atoms with Crippen LogP contribution in [-0.4, -0.2) is 77.4 Å².